The molecule has 1 aliphatic carbocycles. The maximum atomic E-state index is 12.2. The van der Waals surface area contributed by atoms with E-state index in [-0.39, 0.29) is 29.8 Å². The van der Waals surface area contributed by atoms with E-state index in [1.54, 1.807) is 19.9 Å². The number of nitrogens with two attached hydrogens (primary N) is 1. The predicted molar refractivity (Wildman–Crippen MR) is 94.5 cm³/mol. The highest BCUT2D eigenvalue weighted by Gasteiger charge is 2.29. The van der Waals surface area contributed by atoms with Gasteiger partial charge >= 0.3 is 11.9 Å². The maximum absolute atomic E-state index is 12.2. The van der Waals surface area contributed by atoms with Crippen LogP contribution in [0.25, 0.3) is 0 Å². The number of phenolic OH excluding ortho intramolecular Hbond substituents is 2. The third-order valence-electron chi connectivity index (χ3n) is 4.75. The van der Waals surface area contributed by atoms with Crippen molar-refractivity contribution in [1.82, 2.24) is 0 Å². The van der Waals surface area contributed by atoms with Crippen molar-refractivity contribution >= 4 is 11.9 Å². The molecular formula is C19H27NO6. The highest BCUT2D eigenvalue weighted by atomic mass is 16.6. The zero-order valence-electron chi connectivity index (χ0n) is 15.2. The van der Waals surface area contributed by atoms with Crippen LogP contribution in [-0.2, 0) is 25.5 Å². The molecule has 7 nitrogen and oxygen atoms in total. The van der Waals surface area contributed by atoms with Crippen LogP contribution in [0, 0.1) is 5.92 Å². The maximum Gasteiger partial charge on any atom is 0.323 e. The Morgan fingerprint density at radius 3 is 2.35 bits per heavy atom. The van der Waals surface area contributed by atoms with E-state index in [1.165, 1.54) is 12.1 Å². The summed E-state index contributed by atoms with van der Waals surface area (Å²) in [7, 11) is 0. The lowest BCUT2D eigenvalue weighted by molar-refractivity contribution is -0.168. The van der Waals surface area contributed by atoms with Crippen molar-refractivity contribution < 1.29 is 29.3 Å². The van der Waals surface area contributed by atoms with Gasteiger partial charge in [-0.2, -0.15) is 0 Å². The Labute approximate surface area is 153 Å². The number of phenols is 2. The molecule has 144 valence electrons. The molecule has 3 atom stereocenters. The first-order chi connectivity index (χ1) is 12.3. The van der Waals surface area contributed by atoms with E-state index >= 15 is 0 Å². The summed E-state index contributed by atoms with van der Waals surface area (Å²) in [6, 6.07) is 3.31. The quantitative estimate of drug-likeness (QED) is 0.499. The highest BCUT2D eigenvalue weighted by molar-refractivity contribution is 5.76. The van der Waals surface area contributed by atoms with Crippen molar-refractivity contribution in [3.8, 4) is 11.5 Å². The smallest absolute Gasteiger partial charge is 0.323 e. The van der Waals surface area contributed by atoms with Crippen LogP contribution in [0.5, 0.6) is 11.5 Å². The molecule has 7 heteroatoms. The van der Waals surface area contributed by atoms with Gasteiger partial charge < -0.3 is 25.4 Å². The fraction of sp³-hybridized carbons (Fsp3) is 0.579. The zero-order valence-corrected chi connectivity index (χ0v) is 15.2. The fourth-order valence-electron chi connectivity index (χ4n) is 2.94. The third-order valence-corrected chi connectivity index (χ3v) is 4.75. The lowest BCUT2D eigenvalue weighted by atomic mass is 10.1. The first kappa shape index (κ1) is 20.0. The molecule has 0 aliphatic heterocycles. The molecule has 1 aromatic carbocycles. The summed E-state index contributed by atoms with van der Waals surface area (Å²) in [6.45, 7) is 3.35. The van der Waals surface area contributed by atoms with Crippen molar-refractivity contribution in [1.29, 1.82) is 0 Å². The second kappa shape index (κ2) is 8.89. The normalized spacial score (nSPS) is 18.1. The summed E-state index contributed by atoms with van der Waals surface area (Å²) in [4.78, 5) is 24.2. The molecule has 0 bridgehead atoms. The van der Waals surface area contributed by atoms with E-state index in [0.29, 0.717) is 5.56 Å². The second-order valence-electron chi connectivity index (χ2n) is 6.90. The van der Waals surface area contributed by atoms with Gasteiger partial charge in [-0.3, -0.25) is 9.59 Å². The van der Waals surface area contributed by atoms with Crippen molar-refractivity contribution in [2.24, 2.45) is 11.7 Å². The third kappa shape index (κ3) is 5.36. The number of benzene rings is 1. The zero-order chi connectivity index (χ0) is 19.3. The molecule has 0 saturated heterocycles. The summed E-state index contributed by atoms with van der Waals surface area (Å²) >= 11 is 0. The Morgan fingerprint density at radius 2 is 1.73 bits per heavy atom. The Hall–Kier alpha value is -2.28. The van der Waals surface area contributed by atoms with E-state index in [2.05, 4.69) is 0 Å². The Balaban J connectivity index is 1.82. The van der Waals surface area contributed by atoms with Gasteiger partial charge in [0.15, 0.2) is 11.5 Å². The molecule has 0 radical (unpaired) electrons. The monoisotopic (exact) mass is 365 g/mol. The topological polar surface area (TPSA) is 119 Å². The molecule has 1 fully saturated rings. The molecule has 1 aromatic rings. The van der Waals surface area contributed by atoms with Gasteiger partial charge in [0.1, 0.15) is 18.2 Å². The van der Waals surface area contributed by atoms with Gasteiger partial charge in [0.25, 0.3) is 0 Å². The summed E-state index contributed by atoms with van der Waals surface area (Å²) in [6.07, 6.45) is 2.76. The number of carbonyl (C=O) groups is 2. The lowest BCUT2D eigenvalue weighted by Gasteiger charge is -2.23. The lowest BCUT2D eigenvalue weighted by Crippen LogP contribution is -2.40. The Morgan fingerprint density at radius 1 is 1.12 bits per heavy atom. The largest absolute Gasteiger partial charge is 0.504 e. The minimum atomic E-state index is -0.931. The average molecular weight is 365 g/mol. The molecule has 0 amide bonds. The van der Waals surface area contributed by atoms with E-state index in [0.717, 1.165) is 25.7 Å². The molecule has 0 heterocycles. The predicted octanol–water partition coefficient (Wildman–Crippen LogP) is 2.02. The Kier molecular flexibility index (Phi) is 6.85. The number of aromatic hydroxyl groups is 2. The summed E-state index contributed by atoms with van der Waals surface area (Å²) in [5, 5.41) is 18.8. The molecule has 1 aliphatic rings. The van der Waals surface area contributed by atoms with Crippen molar-refractivity contribution in [3.05, 3.63) is 23.8 Å². The summed E-state index contributed by atoms with van der Waals surface area (Å²) in [5.41, 5.74) is 6.46. The Bertz CT molecular complexity index is 641. The number of esters is 2. The molecule has 0 aromatic heterocycles. The summed E-state index contributed by atoms with van der Waals surface area (Å²) < 4.78 is 10.7. The van der Waals surface area contributed by atoms with Gasteiger partial charge in [0.2, 0.25) is 0 Å². The SMILES string of the molecule is C[C@H](OC(=O)C1CCCC1)[C@H](C)OC(=O)[C@@H](N)Cc1ccc(O)c(O)c1. The summed E-state index contributed by atoms with van der Waals surface area (Å²) in [5.74, 6) is -1.42. The van der Waals surface area contributed by atoms with Gasteiger partial charge in [-0.05, 0) is 50.8 Å². The molecule has 0 unspecified atom stereocenters. The van der Waals surface area contributed by atoms with E-state index in [4.69, 9.17) is 15.2 Å². The molecule has 1 saturated carbocycles. The number of rotatable bonds is 7. The van der Waals surface area contributed by atoms with Crippen LogP contribution < -0.4 is 5.73 Å². The van der Waals surface area contributed by atoms with Crippen LogP contribution in [0.3, 0.4) is 0 Å². The fourth-order valence-corrected chi connectivity index (χ4v) is 2.94. The molecule has 26 heavy (non-hydrogen) atoms. The molecule has 4 N–H and O–H groups in total. The van der Waals surface area contributed by atoms with Crippen LogP contribution in [0.15, 0.2) is 18.2 Å². The van der Waals surface area contributed by atoms with E-state index in [9.17, 15) is 19.8 Å². The first-order valence-electron chi connectivity index (χ1n) is 8.95. The average Bonchev–Trinajstić information content (AvgIpc) is 3.12. The van der Waals surface area contributed by atoms with Gasteiger partial charge in [-0.1, -0.05) is 18.9 Å². The van der Waals surface area contributed by atoms with Gasteiger partial charge in [-0.15, -0.1) is 0 Å². The number of ether oxygens (including phenoxy) is 2. The van der Waals surface area contributed by atoms with Crippen LogP contribution in [0.2, 0.25) is 0 Å². The standard InChI is InChI=1S/C19H27NO6/c1-11(25-18(23)14-5-3-4-6-14)12(2)26-19(24)15(20)9-13-7-8-16(21)17(22)10-13/h7-8,10-12,14-15,21-22H,3-6,9,20H2,1-2H3/t11-,12-,15-/m0/s1. The van der Waals surface area contributed by atoms with E-state index in [1.807, 2.05) is 0 Å². The van der Waals surface area contributed by atoms with E-state index < -0.39 is 24.2 Å². The first-order valence-corrected chi connectivity index (χ1v) is 8.95. The number of carbonyl (C=O) groups excluding carboxylic acids is 2. The van der Waals surface area contributed by atoms with Crippen molar-refractivity contribution in [3.63, 3.8) is 0 Å². The minimum Gasteiger partial charge on any atom is -0.504 e. The minimum absolute atomic E-state index is 0.0511. The number of hydrogen-bond donors (Lipinski definition) is 3. The molecular weight excluding hydrogens is 338 g/mol. The van der Waals surface area contributed by atoms with Crippen LogP contribution in [0.4, 0.5) is 0 Å². The van der Waals surface area contributed by atoms with Crippen LogP contribution in [-0.4, -0.2) is 40.4 Å². The van der Waals surface area contributed by atoms with Crippen LogP contribution in [0.1, 0.15) is 45.1 Å². The van der Waals surface area contributed by atoms with Crippen molar-refractivity contribution in [2.45, 2.75) is 64.2 Å². The second-order valence-corrected chi connectivity index (χ2v) is 6.90. The van der Waals surface area contributed by atoms with Gasteiger partial charge in [0.05, 0.1) is 5.92 Å². The molecule has 2 rings (SSSR count). The van der Waals surface area contributed by atoms with Gasteiger partial charge in [0, 0.05) is 0 Å². The van der Waals surface area contributed by atoms with Gasteiger partial charge in [-0.25, -0.2) is 0 Å². The highest BCUT2D eigenvalue weighted by Crippen LogP contribution is 2.27. The number of hydrogen-bond acceptors (Lipinski definition) is 7. The molecule has 0 spiro atoms. The van der Waals surface area contributed by atoms with Crippen molar-refractivity contribution in [2.75, 3.05) is 0 Å². The van der Waals surface area contributed by atoms with Crippen LogP contribution >= 0.6 is 0 Å².